The molecule has 0 atom stereocenters. The van der Waals surface area contributed by atoms with Crippen LogP contribution in [0.2, 0.25) is 0 Å². The highest BCUT2D eigenvalue weighted by atomic mass is 16.5. The first-order valence-corrected chi connectivity index (χ1v) is 5.22. The molecule has 2 amide bonds. The molecule has 5 heteroatoms. The number of hydrogen-bond acceptors (Lipinski definition) is 4. The van der Waals surface area contributed by atoms with Crippen LogP contribution in [0.3, 0.4) is 0 Å². The molecule has 0 spiro atoms. The molecule has 0 aromatic heterocycles. The minimum Gasteiger partial charge on any atom is -0.372 e. The summed E-state index contributed by atoms with van der Waals surface area (Å²) in [6.07, 6.45) is 0.627. The molecule has 0 N–H and O–H groups in total. The molecular formula is C12H11NO4. The van der Waals surface area contributed by atoms with Crippen molar-refractivity contribution in [2.24, 2.45) is 0 Å². The minimum atomic E-state index is -0.305. The van der Waals surface area contributed by atoms with Crippen LogP contribution in [0, 0.1) is 0 Å². The second kappa shape index (κ2) is 4.88. The molecule has 1 aliphatic heterocycles. The molecule has 0 radical (unpaired) electrons. The summed E-state index contributed by atoms with van der Waals surface area (Å²) in [6.45, 7) is 0.313. The summed E-state index contributed by atoms with van der Waals surface area (Å²) in [7, 11) is 0. The van der Waals surface area contributed by atoms with E-state index in [1.807, 2.05) is 0 Å². The first-order valence-electron chi connectivity index (χ1n) is 5.22. The largest absolute Gasteiger partial charge is 0.372 e. The van der Waals surface area contributed by atoms with E-state index in [0.29, 0.717) is 17.4 Å². The Morgan fingerprint density at radius 2 is 1.71 bits per heavy atom. The number of hydrogen-bond donors (Lipinski definition) is 0. The molecule has 0 saturated carbocycles. The number of amides is 2. The molecule has 88 valence electrons. The van der Waals surface area contributed by atoms with Gasteiger partial charge in [-0.1, -0.05) is 12.1 Å². The fraction of sp³-hybridized carbons (Fsp3) is 0.250. The summed E-state index contributed by atoms with van der Waals surface area (Å²) >= 11 is 0. The molecule has 5 nitrogen and oxygen atoms in total. The highest BCUT2D eigenvalue weighted by Crippen LogP contribution is 2.21. The summed E-state index contributed by atoms with van der Waals surface area (Å²) in [4.78, 5) is 34.9. The van der Waals surface area contributed by atoms with Crippen LogP contribution in [0.5, 0.6) is 0 Å². The third kappa shape index (κ3) is 2.09. The Labute approximate surface area is 98.0 Å². The molecule has 0 aliphatic carbocycles. The van der Waals surface area contributed by atoms with Crippen molar-refractivity contribution in [2.75, 3.05) is 19.8 Å². The van der Waals surface area contributed by atoms with E-state index in [-0.39, 0.29) is 31.6 Å². The maximum Gasteiger partial charge on any atom is 0.261 e. The van der Waals surface area contributed by atoms with Gasteiger partial charge in [-0.25, -0.2) is 0 Å². The van der Waals surface area contributed by atoms with E-state index in [9.17, 15) is 14.4 Å². The first-order chi connectivity index (χ1) is 8.25. The van der Waals surface area contributed by atoms with Crippen molar-refractivity contribution in [3.8, 4) is 0 Å². The van der Waals surface area contributed by atoms with Crippen molar-refractivity contribution in [1.82, 2.24) is 4.90 Å². The van der Waals surface area contributed by atoms with E-state index in [1.54, 1.807) is 24.3 Å². The quantitative estimate of drug-likeness (QED) is 0.422. The highest BCUT2D eigenvalue weighted by Gasteiger charge is 2.34. The van der Waals surface area contributed by atoms with Crippen LogP contribution in [0.15, 0.2) is 24.3 Å². The van der Waals surface area contributed by atoms with E-state index in [1.165, 1.54) is 0 Å². The Hall–Kier alpha value is -2.01. The third-order valence-electron chi connectivity index (χ3n) is 2.52. The molecular weight excluding hydrogens is 222 g/mol. The van der Waals surface area contributed by atoms with E-state index < -0.39 is 0 Å². The molecule has 2 rings (SSSR count). The maximum atomic E-state index is 11.9. The zero-order chi connectivity index (χ0) is 12.3. The van der Waals surface area contributed by atoms with Gasteiger partial charge in [0.05, 0.1) is 24.3 Å². The minimum absolute atomic E-state index is 0.0246. The van der Waals surface area contributed by atoms with Crippen LogP contribution in [-0.4, -0.2) is 42.8 Å². The summed E-state index contributed by atoms with van der Waals surface area (Å²) in [5.41, 5.74) is 0.848. The number of nitrogens with zero attached hydrogens (tertiary/aromatic N) is 1. The van der Waals surface area contributed by atoms with E-state index in [4.69, 9.17) is 4.74 Å². The van der Waals surface area contributed by atoms with Gasteiger partial charge in [0.25, 0.3) is 11.8 Å². The fourth-order valence-electron chi connectivity index (χ4n) is 1.73. The van der Waals surface area contributed by atoms with Crippen LogP contribution >= 0.6 is 0 Å². The summed E-state index contributed by atoms with van der Waals surface area (Å²) in [6, 6.07) is 6.69. The monoisotopic (exact) mass is 233 g/mol. The standard InChI is InChI=1S/C12H11NO4/c14-6-8-17-7-5-13-11(15)9-3-1-2-4-10(9)12(13)16/h1-4,6H,5,7-8H2. The van der Waals surface area contributed by atoms with Gasteiger partial charge in [0.1, 0.15) is 12.9 Å². The number of fused-ring (bicyclic) bond motifs is 1. The Bertz CT molecular complexity index is 434. The van der Waals surface area contributed by atoms with Crippen molar-refractivity contribution in [3.05, 3.63) is 35.4 Å². The Kier molecular flexibility index (Phi) is 3.30. The molecule has 1 aliphatic rings. The highest BCUT2D eigenvalue weighted by molar-refractivity contribution is 6.21. The van der Waals surface area contributed by atoms with Gasteiger partial charge < -0.3 is 9.53 Å². The predicted octanol–water partition coefficient (Wildman–Crippen LogP) is 0.498. The Balaban J connectivity index is 2.05. The maximum absolute atomic E-state index is 11.9. The number of ether oxygens (including phenoxy) is 1. The van der Waals surface area contributed by atoms with Crippen LogP contribution in [0.1, 0.15) is 20.7 Å². The van der Waals surface area contributed by atoms with Gasteiger partial charge in [0.2, 0.25) is 0 Å². The van der Waals surface area contributed by atoms with E-state index in [0.717, 1.165) is 4.90 Å². The normalized spacial score (nSPS) is 14.0. The first kappa shape index (κ1) is 11.5. The summed E-state index contributed by atoms with van der Waals surface area (Å²) in [5.74, 6) is -0.611. The van der Waals surface area contributed by atoms with E-state index >= 15 is 0 Å². The van der Waals surface area contributed by atoms with Crippen molar-refractivity contribution >= 4 is 18.1 Å². The Morgan fingerprint density at radius 3 is 2.24 bits per heavy atom. The zero-order valence-corrected chi connectivity index (χ0v) is 9.09. The molecule has 1 heterocycles. The average Bonchev–Trinajstić information content (AvgIpc) is 2.60. The van der Waals surface area contributed by atoms with Gasteiger partial charge in [-0.2, -0.15) is 0 Å². The molecule has 0 unspecified atom stereocenters. The van der Waals surface area contributed by atoms with Crippen LogP contribution < -0.4 is 0 Å². The van der Waals surface area contributed by atoms with Crippen molar-refractivity contribution in [2.45, 2.75) is 0 Å². The number of carbonyl (C=O) groups is 3. The molecule has 1 aromatic rings. The molecule has 1 aromatic carbocycles. The lowest BCUT2D eigenvalue weighted by Gasteiger charge is -2.12. The average molecular weight is 233 g/mol. The van der Waals surface area contributed by atoms with Crippen molar-refractivity contribution in [3.63, 3.8) is 0 Å². The van der Waals surface area contributed by atoms with Gasteiger partial charge in [0.15, 0.2) is 0 Å². The number of rotatable bonds is 5. The van der Waals surface area contributed by atoms with Gasteiger partial charge in [-0.05, 0) is 12.1 Å². The van der Waals surface area contributed by atoms with Crippen LogP contribution in [-0.2, 0) is 9.53 Å². The fourth-order valence-corrected chi connectivity index (χ4v) is 1.73. The third-order valence-corrected chi connectivity index (χ3v) is 2.52. The van der Waals surface area contributed by atoms with Gasteiger partial charge in [-0.3, -0.25) is 14.5 Å². The summed E-state index contributed by atoms with van der Waals surface area (Å²) in [5, 5.41) is 0. The number of aldehydes is 1. The van der Waals surface area contributed by atoms with E-state index in [2.05, 4.69) is 0 Å². The zero-order valence-electron chi connectivity index (χ0n) is 9.09. The van der Waals surface area contributed by atoms with Crippen molar-refractivity contribution < 1.29 is 19.1 Å². The van der Waals surface area contributed by atoms with Crippen molar-refractivity contribution in [1.29, 1.82) is 0 Å². The topological polar surface area (TPSA) is 63.7 Å². The second-order valence-corrected chi connectivity index (χ2v) is 3.55. The lowest BCUT2D eigenvalue weighted by molar-refractivity contribution is -0.111. The molecule has 0 saturated heterocycles. The number of carbonyl (C=O) groups excluding carboxylic acids is 3. The van der Waals surface area contributed by atoms with Gasteiger partial charge in [-0.15, -0.1) is 0 Å². The molecule has 17 heavy (non-hydrogen) atoms. The number of benzene rings is 1. The Morgan fingerprint density at radius 1 is 1.12 bits per heavy atom. The predicted molar refractivity (Wildman–Crippen MR) is 58.7 cm³/mol. The number of imide groups is 1. The summed E-state index contributed by atoms with van der Waals surface area (Å²) < 4.78 is 4.93. The second-order valence-electron chi connectivity index (χ2n) is 3.55. The smallest absolute Gasteiger partial charge is 0.261 e. The van der Waals surface area contributed by atoms with Crippen LogP contribution in [0.25, 0.3) is 0 Å². The van der Waals surface area contributed by atoms with Crippen LogP contribution in [0.4, 0.5) is 0 Å². The van der Waals surface area contributed by atoms with Gasteiger partial charge >= 0.3 is 0 Å². The molecule has 0 bridgehead atoms. The molecule has 0 fully saturated rings. The lowest BCUT2D eigenvalue weighted by atomic mass is 10.1. The lowest BCUT2D eigenvalue weighted by Crippen LogP contribution is -2.33. The van der Waals surface area contributed by atoms with Gasteiger partial charge in [0, 0.05) is 0 Å². The SMILES string of the molecule is O=CCOCCN1C(=O)c2ccccc2C1=O.